The Hall–Kier alpha value is -2.36. The molecule has 0 amide bonds. The van der Waals surface area contributed by atoms with Crippen LogP contribution in [0.5, 0.6) is 5.75 Å². The number of aromatic nitrogens is 1. The van der Waals surface area contributed by atoms with Crippen LogP contribution in [-0.4, -0.2) is 18.1 Å². The molecular weight excluding hydrogens is 230 g/mol. The van der Waals surface area contributed by atoms with Crippen molar-refractivity contribution in [3.63, 3.8) is 0 Å². The number of nitrogens with zero attached hydrogens (tertiary/aromatic N) is 1. The molecule has 0 N–H and O–H groups in total. The maximum absolute atomic E-state index is 11.7. The van der Waals surface area contributed by atoms with Gasteiger partial charge in [-0.05, 0) is 11.6 Å². The SMILES string of the molecule is COc1ccnc(C(=O)OCc2ccccc2)c1. The molecule has 0 aliphatic carbocycles. The van der Waals surface area contributed by atoms with E-state index in [1.807, 2.05) is 30.3 Å². The average Bonchev–Trinajstić information content (AvgIpc) is 2.46. The molecule has 1 heterocycles. The standard InChI is InChI=1S/C14H13NO3/c1-17-12-7-8-15-13(9-12)14(16)18-10-11-5-3-2-4-6-11/h2-9H,10H2,1H3. The minimum absolute atomic E-state index is 0.235. The highest BCUT2D eigenvalue weighted by Crippen LogP contribution is 2.11. The number of rotatable bonds is 4. The van der Waals surface area contributed by atoms with Crippen LogP contribution in [0, 0.1) is 0 Å². The highest BCUT2D eigenvalue weighted by atomic mass is 16.5. The number of carbonyl (C=O) groups excluding carboxylic acids is 1. The molecule has 0 saturated carbocycles. The first-order valence-corrected chi connectivity index (χ1v) is 5.50. The van der Waals surface area contributed by atoms with Gasteiger partial charge in [0, 0.05) is 12.3 Å². The highest BCUT2D eigenvalue weighted by Gasteiger charge is 2.09. The first-order chi connectivity index (χ1) is 8.79. The molecule has 4 heteroatoms. The summed E-state index contributed by atoms with van der Waals surface area (Å²) >= 11 is 0. The van der Waals surface area contributed by atoms with E-state index in [0.29, 0.717) is 5.75 Å². The van der Waals surface area contributed by atoms with Gasteiger partial charge in [0.15, 0.2) is 5.69 Å². The molecule has 1 aromatic carbocycles. The van der Waals surface area contributed by atoms with E-state index in [4.69, 9.17) is 9.47 Å². The van der Waals surface area contributed by atoms with Crippen LogP contribution in [0.15, 0.2) is 48.7 Å². The van der Waals surface area contributed by atoms with Crippen molar-refractivity contribution in [2.75, 3.05) is 7.11 Å². The zero-order valence-corrected chi connectivity index (χ0v) is 10.00. The second kappa shape index (κ2) is 5.82. The van der Waals surface area contributed by atoms with Crippen molar-refractivity contribution in [2.45, 2.75) is 6.61 Å². The summed E-state index contributed by atoms with van der Waals surface area (Å²) in [6.07, 6.45) is 1.51. The lowest BCUT2D eigenvalue weighted by Crippen LogP contribution is -2.07. The number of pyridine rings is 1. The lowest BCUT2D eigenvalue weighted by molar-refractivity contribution is 0.0465. The van der Waals surface area contributed by atoms with Crippen LogP contribution < -0.4 is 4.74 Å². The molecule has 2 aromatic rings. The van der Waals surface area contributed by atoms with Crippen LogP contribution in [0.25, 0.3) is 0 Å². The molecule has 18 heavy (non-hydrogen) atoms. The van der Waals surface area contributed by atoms with E-state index in [1.54, 1.807) is 12.1 Å². The summed E-state index contributed by atoms with van der Waals surface area (Å²) in [5, 5.41) is 0. The molecular formula is C14H13NO3. The Morgan fingerprint density at radius 3 is 2.72 bits per heavy atom. The molecule has 92 valence electrons. The number of hydrogen-bond donors (Lipinski definition) is 0. The van der Waals surface area contributed by atoms with Crippen molar-refractivity contribution in [3.8, 4) is 5.75 Å². The molecule has 0 aliphatic heterocycles. The van der Waals surface area contributed by atoms with Crippen molar-refractivity contribution in [2.24, 2.45) is 0 Å². The monoisotopic (exact) mass is 243 g/mol. The summed E-state index contributed by atoms with van der Waals surface area (Å²) in [5.41, 5.74) is 1.18. The van der Waals surface area contributed by atoms with Crippen LogP contribution in [0.3, 0.4) is 0 Å². The maximum Gasteiger partial charge on any atom is 0.357 e. The van der Waals surface area contributed by atoms with Gasteiger partial charge in [0.2, 0.25) is 0 Å². The lowest BCUT2D eigenvalue weighted by atomic mass is 10.2. The second-order valence-corrected chi connectivity index (χ2v) is 3.64. The molecule has 0 aliphatic rings. The molecule has 0 unspecified atom stereocenters. The number of ether oxygens (including phenoxy) is 2. The first kappa shape index (κ1) is 12.1. The molecule has 0 bridgehead atoms. The van der Waals surface area contributed by atoms with E-state index in [2.05, 4.69) is 4.98 Å². The summed E-state index contributed by atoms with van der Waals surface area (Å²) in [6, 6.07) is 12.7. The zero-order valence-electron chi connectivity index (χ0n) is 10.00. The second-order valence-electron chi connectivity index (χ2n) is 3.64. The van der Waals surface area contributed by atoms with Gasteiger partial charge in [-0.3, -0.25) is 0 Å². The smallest absolute Gasteiger partial charge is 0.357 e. The van der Waals surface area contributed by atoms with E-state index < -0.39 is 5.97 Å². The van der Waals surface area contributed by atoms with E-state index in [0.717, 1.165) is 5.56 Å². The van der Waals surface area contributed by atoms with Gasteiger partial charge in [-0.2, -0.15) is 0 Å². The van der Waals surface area contributed by atoms with Gasteiger partial charge < -0.3 is 9.47 Å². The largest absolute Gasteiger partial charge is 0.497 e. The third kappa shape index (κ3) is 3.07. The van der Waals surface area contributed by atoms with Crippen LogP contribution in [-0.2, 0) is 11.3 Å². The van der Waals surface area contributed by atoms with Crippen LogP contribution >= 0.6 is 0 Å². The van der Waals surface area contributed by atoms with Crippen LogP contribution in [0.2, 0.25) is 0 Å². The van der Waals surface area contributed by atoms with E-state index >= 15 is 0 Å². The highest BCUT2D eigenvalue weighted by molar-refractivity contribution is 5.87. The van der Waals surface area contributed by atoms with Crippen molar-refractivity contribution >= 4 is 5.97 Å². The summed E-state index contributed by atoms with van der Waals surface area (Å²) in [7, 11) is 1.54. The normalized spacial score (nSPS) is 9.83. The van der Waals surface area contributed by atoms with Gasteiger partial charge in [0.25, 0.3) is 0 Å². The van der Waals surface area contributed by atoms with E-state index in [9.17, 15) is 4.79 Å². The Bertz CT molecular complexity index is 526. The van der Waals surface area contributed by atoms with Gasteiger partial charge in [0.05, 0.1) is 7.11 Å². The number of hydrogen-bond acceptors (Lipinski definition) is 4. The molecule has 0 fully saturated rings. The molecule has 4 nitrogen and oxygen atoms in total. The van der Waals surface area contributed by atoms with Gasteiger partial charge in [0.1, 0.15) is 12.4 Å². The number of benzene rings is 1. The molecule has 0 radical (unpaired) electrons. The van der Waals surface area contributed by atoms with Gasteiger partial charge >= 0.3 is 5.97 Å². The molecule has 1 aromatic heterocycles. The Morgan fingerprint density at radius 2 is 2.00 bits per heavy atom. The minimum atomic E-state index is -0.460. The fourth-order valence-electron chi connectivity index (χ4n) is 1.45. The van der Waals surface area contributed by atoms with Crippen molar-refractivity contribution < 1.29 is 14.3 Å². The maximum atomic E-state index is 11.7. The predicted octanol–water partition coefficient (Wildman–Crippen LogP) is 2.45. The zero-order chi connectivity index (χ0) is 12.8. The third-order valence-electron chi connectivity index (χ3n) is 2.39. The van der Waals surface area contributed by atoms with Crippen molar-refractivity contribution in [1.29, 1.82) is 0 Å². The minimum Gasteiger partial charge on any atom is -0.497 e. The molecule has 0 atom stereocenters. The summed E-state index contributed by atoms with van der Waals surface area (Å²) in [5.74, 6) is 0.120. The Kier molecular flexibility index (Phi) is 3.91. The predicted molar refractivity (Wildman–Crippen MR) is 66.4 cm³/mol. The summed E-state index contributed by atoms with van der Waals surface area (Å²) in [4.78, 5) is 15.7. The van der Waals surface area contributed by atoms with Crippen molar-refractivity contribution in [3.05, 3.63) is 59.9 Å². The number of methoxy groups -OCH3 is 1. The molecule has 0 spiro atoms. The summed E-state index contributed by atoms with van der Waals surface area (Å²) in [6.45, 7) is 0.235. The van der Waals surface area contributed by atoms with Gasteiger partial charge in [-0.15, -0.1) is 0 Å². The fourth-order valence-corrected chi connectivity index (χ4v) is 1.45. The van der Waals surface area contributed by atoms with Gasteiger partial charge in [-0.1, -0.05) is 30.3 Å². The van der Waals surface area contributed by atoms with E-state index in [-0.39, 0.29) is 12.3 Å². The fraction of sp³-hybridized carbons (Fsp3) is 0.143. The Balaban J connectivity index is 1.99. The first-order valence-electron chi connectivity index (χ1n) is 5.50. The van der Waals surface area contributed by atoms with Gasteiger partial charge in [-0.25, -0.2) is 9.78 Å². The summed E-state index contributed by atoms with van der Waals surface area (Å²) < 4.78 is 10.2. The van der Waals surface area contributed by atoms with Crippen molar-refractivity contribution in [1.82, 2.24) is 4.98 Å². The number of esters is 1. The Morgan fingerprint density at radius 1 is 1.22 bits per heavy atom. The topological polar surface area (TPSA) is 48.4 Å². The molecule has 0 saturated heterocycles. The quantitative estimate of drug-likeness (QED) is 0.774. The van der Waals surface area contributed by atoms with Crippen LogP contribution in [0.4, 0.5) is 0 Å². The van der Waals surface area contributed by atoms with Crippen LogP contribution in [0.1, 0.15) is 16.1 Å². The third-order valence-corrected chi connectivity index (χ3v) is 2.39. The Labute approximate surface area is 105 Å². The van der Waals surface area contributed by atoms with E-state index in [1.165, 1.54) is 13.3 Å². The average molecular weight is 243 g/mol. The lowest BCUT2D eigenvalue weighted by Gasteiger charge is -2.05. The molecule has 2 rings (SSSR count). The number of carbonyl (C=O) groups is 1.